The monoisotopic (exact) mass is 469 g/mol. The minimum Gasteiger partial charge on any atom is -0.352 e. The molecule has 0 aliphatic heterocycles. The fourth-order valence-electron chi connectivity index (χ4n) is 4.11. The largest absolute Gasteiger partial charge is 0.352 e. The van der Waals surface area contributed by atoms with E-state index in [1.165, 1.54) is 0 Å². The zero-order valence-electron chi connectivity index (χ0n) is 20.2. The van der Waals surface area contributed by atoms with E-state index in [9.17, 15) is 9.59 Å². The Hall–Kier alpha value is -4.00. The quantitative estimate of drug-likeness (QED) is 0.353. The van der Waals surface area contributed by atoms with Gasteiger partial charge in [0.05, 0.1) is 16.6 Å². The molecule has 0 saturated heterocycles. The van der Waals surface area contributed by atoms with E-state index in [1.54, 1.807) is 24.5 Å². The number of carbonyl (C=O) groups is 2. The van der Waals surface area contributed by atoms with Crippen LogP contribution in [0.3, 0.4) is 0 Å². The van der Waals surface area contributed by atoms with Gasteiger partial charge < -0.3 is 14.8 Å². The molecule has 4 aromatic rings. The Kier molecular flexibility index (Phi) is 7.88. The van der Waals surface area contributed by atoms with E-state index in [2.05, 4.69) is 10.3 Å². The minimum atomic E-state index is -0.143. The van der Waals surface area contributed by atoms with Crippen LogP contribution in [0.4, 0.5) is 0 Å². The van der Waals surface area contributed by atoms with Crippen LogP contribution in [0.2, 0.25) is 0 Å². The fourth-order valence-corrected chi connectivity index (χ4v) is 4.11. The first-order chi connectivity index (χ1) is 17.0. The van der Waals surface area contributed by atoms with Crippen LogP contribution in [0, 0.1) is 0 Å². The number of aromatic nitrogens is 3. The van der Waals surface area contributed by atoms with E-state index in [0.29, 0.717) is 31.5 Å². The van der Waals surface area contributed by atoms with Crippen molar-refractivity contribution < 1.29 is 9.59 Å². The number of amides is 2. The van der Waals surface area contributed by atoms with E-state index in [-0.39, 0.29) is 24.4 Å². The molecule has 0 aliphatic rings. The highest BCUT2D eigenvalue weighted by atomic mass is 16.2. The summed E-state index contributed by atoms with van der Waals surface area (Å²) in [6.45, 7) is 5.39. The first-order valence-corrected chi connectivity index (χ1v) is 12.0. The third-order valence-corrected chi connectivity index (χ3v) is 5.95. The molecule has 0 radical (unpaired) electrons. The Balaban J connectivity index is 1.46. The fraction of sp³-hybridized carbons (Fsp3) is 0.286. The van der Waals surface area contributed by atoms with Crippen LogP contribution in [-0.4, -0.2) is 43.8 Å². The second kappa shape index (κ2) is 11.4. The van der Waals surface area contributed by atoms with Crippen LogP contribution in [0.15, 0.2) is 79.1 Å². The van der Waals surface area contributed by atoms with Gasteiger partial charge in [0, 0.05) is 37.9 Å². The van der Waals surface area contributed by atoms with Gasteiger partial charge in [-0.2, -0.15) is 0 Å². The number of rotatable bonds is 10. The van der Waals surface area contributed by atoms with Crippen molar-refractivity contribution in [2.45, 2.75) is 45.8 Å². The number of nitrogens with one attached hydrogen (secondary N) is 1. The van der Waals surface area contributed by atoms with Crippen molar-refractivity contribution in [1.82, 2.24) is 24.8 Å². The number of aryl methyl sites for hydroxylation is 1. The standard InChI is InChI=1S/C28H31N5O2/c1-21(2)32(19-22-10-4-3-5-11-22)27(34)20-33-25-14-7-6-13-24(25)31-26(33)15-9-17-30-28(35)23-12-8-16-29-18-23/h3-8,10-14,16,18,21H,9,15,17,19-20H2,1-2H3,(H,30,35). The molecule has 0 spiro atoms. The average molecular weight is 470 g/mol. The van der Waals surface area contributed by atoms with Crippen molar-refractivity contribution in [2.24, 2.45) is 0 Å². The van der Waals surface area contributed by atoms with Crippen molar-refractivity contribution in [2.75, 3.05) is 6.54 Å². The van der Waals surface area contributed by atoms with Crippen LogP contribution in [0.25, 0.3) is 11.0 Å². The van der Waals surface area contributed by atoms with Gasteiger partial charge in [-0.3, -0.25) is 14.6 Å². The molecule has 2 aromatic carbocycles. The average Bonchev–Trinajstić information content (AvgIpc) is 3.23. The molecule has 7 heteroatoms. The van der Waals surface area contributed by atoms with Crippen LogP contribution in [-0.2, 0) is 24.3 Å². The van der Waals surface area contributed by atoms with Crippen LogP contribution < -0.4 is 5.32 Å². The summed E-state index contributed by atoms with van der Waals surface area (Å²) in [7, 11) is 0. The zero-order valence-corrected chi connectivity index (χ0v) is 20.2. The Morgan fingerprint density at radius 3 is 2.51 bits per heavy atom. The van der Waals surface area contributed by atoms with Crippen LogP contribution >= 0.6 is 0 Å². The van der Waals surface area contributed by atoms with Crippen molar-refractivity contribution in [3.8, 4) is 0 Å². The van der Waals surface area contributed by atoms with Crippen molar-refractivity contribution in [3.63, 3.8) is 0 Å². The van der Waals surface area contributed by atoms with Crippen LogP contribution in [0.1, 0.15) is 42.0 Å². The van der Waals surface area contributed by atoms with Crippen molar-refractivity contribution in [3.05, 3.63) is 96.1 Å². The summed E-state index contributed by atoms with van der Waals surface area (Å²) < 4.78 is 2.01. The lowest BCUT2D eigenvalue weighted by molar-refractivity contribution is -0.134. The molecule has 0 fully saturated rings. The summed E-state index contributed by atoms with van der Waals surface area (Å²) in [5.74, 6) is 0.756. The second-order valence-electron chi connectivity index (χ2n) is 8.81. The van der Waals surface area contributed by atoms with E-state index in [4.69, 9.17) is 4.98 Å². The van der Waals surface area contributed by atoms with Crippen molar-refractivity contribution in [1.29, 1.82) is 0 Å². The molecule has 2 heterocycles. The Labute approximate surface area is 205 Å². The molecule has 0 bridgehead atoms. The van der Waals surface area contributed by atoms with Gasteiger partial charge in [-0.1, -0.05) is 42.5 Å². The molecule has 0 atom stereocenters. The minimum absolute atomic E-state index is 0.0538. The molecular formula is C28H31N5O2. The molecule has 35 heavy (non-hydrogen) atoms. The summed E-state index contributed by atoms with van der Waals surface area (Å²) in [5, 5.41) is 2.93. The Morgan fingerprint density at radius 1 is 1.00 bits per heavy atom. The highest BCUT2D eigenvalue weighted by molar-refractivity contribution is 5.93. The van der Waals surface area contributed by atoms with E-state index in [0.717, 1.165) is 22.4 Å². The van der Waals surface area contributed by atoms with Crippen LogP contribution in [0.5, 0.6) is 0 Å². The number of fused-ring (bicyclic) bond motifs is 1. The predicted octanol–water partition coefficient (Wildman–Crippen LogP) is 4.23. The molecule has 4 rings (SSSR count). The number of benzene rings is 2. The third kappa shape index (κ3) is 6.12. The highest BCUT2D eigenvalue weighted by Crippen LogP contribution is 2.19. The summed E-state index contributed by atoms with van der Waals surface area (Å²) in [4.78, 5) is 36.4. The van der Waals surface area contributed by atoms with Crippen molar-refractivity contribution >= 4 is 22.8 Å². The number of hydrogen-bond donors (Lipinski definition) is 1. The van der Waals surface area contributed by atoms with E-state index < -0.39 is 0 Å². The maximum Gasteiger partial charge on any atom is 0.252 e. The number of nitrogens with zero attached hydrogens (tertiary/aromatic N) is 4. The molecule has 7 nitrogen and oxygen atoms in total. The molecule has 0 aliphatic carbocycles. The third-order valence-electron chi connectivity index (χ3n) is 5.95. The van der Waals surface area contributed by atoms with Gasteiger partial charge in [0.1, 0.15) is 12.4 Å². The maximum absolute atomic E-state index is 13.4. The summed E-state index contributed by atoms with van der Waals surface area (Å²) in [6, 6.07) is 21.5. The van der Waals surface area contributed by atoms with Gasteiger partial charge in [0.2, 0.25) is 5.91 Å². The summed E-state index contributed by atoms with van der Waals surface area (Å²) in [6.07, 6.45) is 4.55. The molecule has 2 aromatic heterocycles. The van der Waals surface area contributed by atoms with Gasteiger partial charge in [-0.15, -0.1) is 0 Å². The topological polar surface area (TPSA) is 80.1 Å². The first-order valence-electron chi connectivity index (χ1n) is 12.0. The summed E-state index contributed by atoms with van der Waals surface area (Å²) in [5.41, 5.74) is 3.46. The lowest BCUT2D eigenvalue weighted by atomic mass is 10.2. The van der Waals surface area contributed by atoms with E-state index in [1.807, 2.05) is 77.9 Å². The predicted molar refractivity (Wildman–Crippen MR) is 137 cm³/mol. The first kappa shape index (κ1) is 24.1. The molecule has 1 N–H and O–H groups in total. The lowest BCUT2D eigenvalue weighted by Crippen LogP contribution is -2.38. The number of hydrogen-bond acceptors (Lipinski definition) is 4. The smallest absolute Gasteiger partial charge is 0.252 e. The highest BCUT2D eigenvalue weighted by Gasteiger charge is 2.20. The van der Waals surface area contributed by atoms with Gasteiger partial charge in [0.15, 0.2) is 0 Å². The molecule has 2 amide bonds. The molecule has 0 saturated carbocycles. The second-order valence-corrected chi connectivity index (χ2v) is 8.81. The Morgan fingerprint density at radius 2 is 1.77 bits per heavy atom. The SMILES string of the molecule is CC(C)N(Cc1ccccc1)C(=O)Cn1c(CCCNC(=O)c2cccnc2)nc2ccccc21. The molecule has 0 unspecified atom stereocenters. The number of imidazole rings is 1. The zero-order chi connectivity index (χ0) is 24.6. The van der Waals surface area contributed by atoms with E-state index >= 15 is 0 Å². The maximum atomic E-state index is 13.4. The van der Waals surface area contributed by atoms with Gasteiger partial charge in [0.25, 0.3) is 5.91 Å². The number of pyridine rings is 1. The normalized spacial score (nSPS) is 11.1. The molecular weight excluding hydrogens is 438 g/mol. The van der Waals surface area contributed by atoms with Gasteiger partial charge >= 0.3 is 0 Å². The summed E-state index contributed by atoms with van der Waals surface area (Å²) >= 11 is 0. The Bertz CT molecular complexity index is 1270. The van der Waals surface area contributed by atoms with Gasteiger partial charge in [-0.05, 0) is 50.1 Å². The lowest BCUT2D eigenvalue weighted by Gasteiger charge is -2.27. The molecule has 180 valence electrons. The van der Waals surface area contributed by atoms with Gasteiger partial charge in [-0.25, -0.2) is 4.98 Å². The number of carbonyl (C=O) groups excluding carboxylic acids is 2. The number of para-hydroxylation sites is 2.